The molecule has 2 N–H and O–H groups in total. The average molecular weight is 417 g/mol. The number of aryl methyl sites for hydroxylation is 2. The summed E-state index contributed by atoms with van der Waals surface area (Å²) >= 11 is 0. The van der Waals surface area contributed by atoms with Gasteiger partial charge in [-0.2, -0.15) is 4.68 Å². The number of ether oxygens (including phenoxy) is 1. The van der Waals surface area contributed by atoms with E-state index in [1.54, 1.807) is 16.8 Å². The number of carbonyl (C=O) groups is 1. The van der Waals surface area contributed by atoms with Gasteiger partial charge in [-0.25, -0.2) is 14.6 Å². The van der Waals surface area contributed by atoms with Gasteiger partial charge >= 0.3 is 11.8 Å². The van der Waals surface area contributed by atoms with Gasteiger partial charge in [0.2, 0.25) is 0 Å². The van der Waals surface area contributed by atoms with Crippen LogP contribution in [0.2, 0.25) is 0 Å². The van der Waals surface area contributed by atoms with Crippen LogP contribution in [0, 0.1) is 6.92 Å². The summed E-state index contributed by atoms with van der Waals surface area (Å²) in [6.45, 7) is 3.96. The fraction of sp³-hybridized carbons (Fsp3) is 0.143. The molecule has 2 aromatic heterocycles. The van der Waals surface area contributed by atoms with Gasteiger partial charge in [0.05, 0.1) is 5.69 Å². The van der Waals surface area contributed by atoms with Crippen molar-refractivity contribution in [3.8, 4) is 22.6 Å². The van der Waals surface area contributed by atoms with E-state index in [0.717, 1.165) is 16.7 Å². The minimum absolute atomic E-state index is 0.175. The number of anilines is 1. The van der Waals surface area contributed by atoms with Gasteiger partial charge in [0.1, 0.15) is 11.6 Å². The van der Waals surface area contributed by atoms with E-state index >= 15 is 0 Å². The predicted molar refractivity (Wildman–Crippen MR) is 113 cm³/mol. The SMILES string of the molecule is CCc1nnnn1-c1cc(OC(=O)Nc2ccnc(=O)[nH]2)cc(-c2ccc(C)cc2)c1. The highest BCUT2D eigenvalue weighted by Crippen LogP contribution is 2.28. The van der Waals surface area contributed by atoms with Crippen LogP contribution in [0.5, 0.6) is 5.75 Å². The highest BCUT2D eigenvalue weighted by molar-refractivity contribution is 5.85. The van der Waals surface area contributed by atoms with Crippen LogP contribution in [-0.4, -0.2) is 36.3 Å². The molecule has 4 aromatic rings. The predicted octanol–water partition coefficient (Wildman–Crippen LogP) is 2.89. The summed E-state index contributed by atoms with van der Waals surface area (Å²) in [5.41, 5.74) is 2.99. The van der Waals surface area contributed by atoms with Crippen LogP contribution < -0.4 is 15.7 Å². The largest absolute Gasteiger partial charge is 0.418 e. The molecule has 0 aliphatic carbocycles. The number of carbonyl (C=O) groups excluding carboxylic acids is 1. The molecule has 0 radical (unpaired) electrons. The lowest BCUT2D eigenvalue weighted by Gasteiger charge is -2.12. The van der Waals surface area contributed by atoms with Gasteiger partial charge in [-0.05, 0) is 46.7 Å². The summed E-state index contributed by atoms with van der Waals surface area (Å²) in [6, 6.07) is 14.8. The van der Waals surface area contributed by atoms with Gasteiger partial charge in [-0.15, -0.1) is 5.10 Å². The normalized spacial score (nSPS) is 10.6. The molecule has 0 unspecified atom stereocenters. The number of benzene rings is 2. The van der Waals surface area contributed by atoms with E-state index in [9.17, 15) is 9.59 Å². The highest BCUT2D eigenvalue weighted by atomic mass is 16.6. The van der Waals surface area contributed by atoms with Gasteiger partial charge in [0.25, 0.3) is 0 Å². The monoisotopic (exact) mass is 417 g/mol. The second kappa shape index (κ2) is 8.57. The van der Waals surface area contributed by atoms with Crippen LogP contribution >= 0.6 is 0 Å². The van der Waals surface area contributed by atoms with E-state index in [4.69, 9.17) is 4.74 Å². The maximum atomic E-state index is 12.4. The number of rotatable bonds is 5. The molecule has 0 fully saturated rings. The number of aromatic amines is 1. The molecule has 0 saturated heterocycles. The first-order valence-corrected chi connectivity index (χ1v) is 9.56. The zero-order chi connectivity index (χ0) is 21.8. The van der Waals surface area contributed by atoms with Crippen LogP contribution in [0.25, 0.3) is 16.8 Å². The zero-order valence-corrected chi connectivity index (χ0v) is 16.9. The number of aromatic nitrogens is 6. The molecule has 2 heterocycles. The highest BCUT2D eigenvalue weighted by Gasteiger charge is 2.13. The van der Waals surface area contributed by atoms with E-state index in [2.05, 4.69) is 30.8 Å². The Bertz CT molecular complexity index is 1280. The number of hydrogen-bond acceptors (Lipinski definition) is 7. The second-order valence-corrected chi connectivity index (χ2v) is 6.75. The second-order valence-electron chi connectivity index (χ2n) is 6.75. The number of hydrogen-bond donors (Lipinski definition) is 2. The Kier molecular flexibility index (Phi) is 5.52. The lowest BCUT2D eigenvalue weighted by atomic mass is 10.0. The van der Waals surface area contributed by atoms with Gasteiger partial charge in [-0.1, -0.05) is 36.8 Å². The first kappa shape index (κ1) is 20.0. The Morgan fingerprint density at radius 1 is 1.13 bits per heavy atom. The van der Waals surface area contributed by atoms with Crippen molar-refractivity contribution >= 4 is 11.9 Å². The van der Waals surface area contributed by atoms with Crippen molar-refractivity contribution in [2.45, 2.75) is 20.3 Å². The minimum atomic E-state index is -0.763. The summed E-state index contributed by atoms with van der Waals surface area (Å²) in [5, 5.41) is 14.3. The van der Waals surface area contributed by atoms with Crippen molar-refractivity contribution in [3.05, 3.63) is 76.6 Å². The molecular weight excluding hydrogens is 398 g/mol. The third-order valence-electron chi connectivity index (χ3n) is 4.49. The van der Waals surface area contributed by atoms with E-state index in [-0.39, 0.29) is 5.82 Å². The third kappa shape index (κ3) is 4.64. The quantitative estimate of drug-likeness (QED) is 0.511. The fourth-order valence-electron chi connectivity index (χ4n) is 2.99. The molecular formula is C21H19N7O3. The smallest absolute Gasteiger partial charge is 0.410 e. The summed E-state index contributed by atoms with van der Waals surface area (Å²) in [6.07, 6.45) is 1.16. The Hall–Kier alpha value is -4.34. The van der Waals surface area contributed by atoms with Crippen LogP contribution in [0.4, 0.5) is 10.6 Å². The van der Waals surface area contributed by atoms with Crippen molar-refractivity contribution < 1.29 is 9.53 Å². The molecule has 0 aliphatic heterocycles. The lowest BCUT2D eigenvalue weighted by molar-refractivity contribution is 0.215. The van der Waals surface area contributed by atoms with E-state index in [1.807, 2.05) is 44.2 Å². The molecule has 0 bridgehead atoms. The van der Waals surface area contributed by atoms with Gasteiger partial charge < -0.3 is 4.74 Å². The van der Waals surface area contributed by atoms with Crippen LogP contribution in [0.15, 0.2) is 59.5 Å². The average Bonchev–Trinajstić information content (AvgIpc) is 3.23. The molecule has 4 rings (SSSR count). The number of nitrogens with zero attached hydrogens (tertiary/aromatic N) is 5. The summed E-state index contributed by atoms with van der Waals surface area (Å²) in [7, 11) is 0. The summed E-state index contributed by atoms with van der Waals surface area (Å²) in [4.78, 5) is 29.6. The first-order valence-electron chi connectivity index (χ1n) is 9.56. The fourth-order valence-corrected chi connectivity index (χ4v) is 2.99. The zero-order valence-electron chi connectivity index (χ0n) is 16.9. The Morgan fingerprint density at radius 3 is 2.68 bits per heavy atom. The molecule has 1 amide bonds. The molecule has 10 heteroatoms. The summed E-state index contributed by atoms with van der Waals surface area (Å²) in [5.74, 6) is 1.14. The lowest BCUT2D eigenvalue weighted by Crippen LogP contribution is -2.20. The van der Waals surface area contributed by atoms with E-state index < -0.39 is 11.8 Å². The number of tetrazole rings is 1. The Balaban J connectivity index is 1.69. The molecule has 10 nitrogen and oxygen atoms in total. The first-order chi connectivity index (χ1) is 15.0. The number of nitrogens with one attached hydrogen (secondary N) is 2. The Morgan fingerprint density at radius 2 is 1.94 bits per heavy atom. The molecule has 156 valence electrons. The maximum absolute atomic E-state index is 12.4. The molecule has 2 aromatic carbocycles. The van der Waals surface area contributed by atoms with Crippen LogP contribution in [0.3, 0.4) is 0 Å². The van der Waals surface area contributed by atoms with Crippen molar-refractivity contribution in [1.29, 1.82) is 0 Å². The molecule has 0 aliphatic rings. The van der Waals surface area contributed by atoms with E-state index in [0.29, 0.717) is 23.7 Å². The molecule has 31 heavy (non-hydrogen) atoms. The van der Waals surface area contributed by atoms with Crippen molar-refractivity contribution in [2.75, 3.05) is 5.32 Å². The standard InChI is InChI=1S/C21H19N7O3/c1-3-19-25-26-27-28(19)16-10-15(14-6-4-13(2)5-7-14)11-17(12-16)31-21(30)24-18-8-9-22-20(29)23-18/h4-12H,3H2,1-2H3,(H2,22,23,24,29,30). The number of H-pyrrole nitrogens is 1. The van der Waals surface area contributed by atoms with Crippen molar-refractivity contribution in [2.24, 2.45) is 0 Å². The van der Waals surface area contributed by atoms with Crippen molar-refractivity contribution in [3.63, 3.8) is 0 Å². The van der Waals surface area contributed by atoms with Gasteiger partial charge in [0, 0.05) is 18.7 Å². The molecule has 0 spiro atoms. The summed E-state index contributed by atoms with van der Waals surface area (Å²) < 4.78 is 7.08. The van der Waals surface area contributed by atoms with Crippen molar-refractivity contribution in [1.82, 2.24) is 30.2 Å². The maximum Gasteiger partial charge on any atom is 0.418 e. The van der Waals surface area contributed by atoms with E-state index in [1.165, 1.54) is 12.3 Å². The van der Waals surface area contributed by atoms with Gasteiger partial charge in [0.15, 0.2) is 5.82 Å². The Labute approximate surface area is 176 Å². The topological polar surface area (TPSA) is 128 Å². The minimum Gasteiger partial charge on any atom is -0.410 e. The number of amides is 1. The van der Waals surface area contributed by atoms with Crippen LogP contribution in [-0.2, 0) is 6.42 Å². The third-order valence-corrected chi connectivity index (χ3v) is 4.49. The molecule has 0 saturated carbocycles. The molecule has 0 atom stereocenters. The van der Waals surface area contributed by atoms with Gasteiger partial charge in [-0.3, -0.25) is 10.3 Å². The van der Waals surface area contributed by atoms with Crippen LogP contribution in [0.1, 0.15) is 18.3 Å².